The van der Waals surface area contributed by atoms with Gasteiger partial charge in [-0.25, -0.2) is 9.18 Å². The molecule has 0 heterocycles. The third-order valence-corrected chi connectivity index (χ3v) is 2.10. The summed E-state index contributed by atoms with van der Waals surface area (Å²) < 4.78 is 18.3. The van der Waals surface area contributed by atoms with Crippen molar-refractivity contribution in [2.75, 3.05) is 0 Å². The highest BCUT2D eigenvalue weighted by atomic mass is 19.1. The Morgan fingerprint density at radius 3 is 2.73 bits per heavy atom. The van der Waals surface area contributed by atoms with E-state index in [2.05, 4.69) is 0 Å². The molecule has 0 radical (unpaired) electrons. The normalized spacial score (nSPS) is 12.2. The van der Waals surface area contributed by atoms with Crippen LogP contribution in [-0.4, -0.2) is 12.1 Å². The molecule has 0 spiro atoms. The van der Waals surface area contributed by atoms with Crippen molar-refractivity contribution in [3.8, 4) is 0 Å². The second kappa shape index (κ2) is 5.49. The van der Waals surface area contributed by atoms with Gasteiger partial charge in [-0.15, -0.1) is 0 Å². The van der Waals surface area contributed by atoms with Crippen molar-refractivity contribution >= 4 is 5.97 Å². The summed E-state index contributed by atoms with van der Waals surface area (Å²) in [5.74, 6) is -1.12. The monoisotopic (exact) mass is 210 g/mol. The van der Waals surface area contributed by atoms with Gasteiger partial charge in [-0.2, -0.15) is 0 Å². The van der Waals surface area contributed by atoms with Gasteiger partial charge in [0.05, 0.1) is 11.7 Å². The number of hydrogen-bond acceptors (Lipinski definition) is 2. The van der Waals surface area contributed by atoms with Crippen LogP contribution in [0.2, 0.25) is 0 Å². The Balaban J connectivity index is 2.65. The minimum atomic E-state index is -0.589. The number of esters is 1. The van der Waals surface area contributed by atoms with Gasteiger partial charge in [-0.05, 0) is 25.5 Å². The molecular formula is C12H15FO2. The molecule has 1 aromatic carbocycles. The van der Waals surface area contributed by atoms with Gasteiger partial charge in [0.1, 0.15) is 5.82 Å². The van der Waals surface area contributed by atoms with E-state index < -0.39 is 11.8 Å². The lowest BCUT2D eigenvalue weighted by Crippen LogP contribution is -2.15. The maximum atomic E-state index is 13.2. The summed E-state index contributed by atoms with van der Waals surface area (Å²) in [5.41, 5.74) is 0.000420. The zero-order chi connectivity index (χ0) is 11.3. The molecule has 82 valence electrons. The lowest BCUT2D eigenvalue weighted by atomic mass is 10.2. The average Bonchev–Trinajstić information content (AvgIpc) is 2.18. The largest absolute Gasteiger partial charge is 0.459 e. The van der Waals surface area contributed by atoms with Gasteiger partial charge in [-0.1, -0.05) is 25.5 Å². The van der Waals surface area contributed by atoms with Gasteiger partial charge in [0.15, 0.2) is 0 Å². The van der Waals surface area contributed by atoms with Crippen molar-refractivity contribution in [1.29, 1.82) is 0 Å². The first-order valence-electron chi connectivity index (χ1n) is 5.10. The van der Waals surface area contributed by atoms with Crippen LogP contribution in [0.1, 0.15) is 37.0 Å². The molecule has 1 rings (SSSR count). The van der Waals surface area contributed by atoms with Gasteiger partial charge >= 0.3 is 5.97 Å². The van der Waals surface area contributed by atoms with Crippen molar-refractivity contribution in [2.45, 2.75) is 32.8 Å². The van der Waals surface area contributed by atoms with Crippen molar-refractivity contribution in [1.82, 2.24) is 0 Å². The Bertz CT molecular complexity index is 336. The number of carbonyl (C=O) groups is 1. The smallest absolute Gasteiger partial charge is 0.341 e. The van der Waals surface area contributed by atoms with E-state index in [1.165, 1.54) is 12.1 Å². The van der Waals surface area contributed by atoms with Crippen molar-refractivity contribution in [3.63, 3.8) is 0 Å². The topological polar surface area (TPSA) is 26.3 Å². The lowest BCUT2D eigenvalue weighted by molar-refractivity contribution is 0.0318. The van der Waals surface area contributed by atoms with Crippen LogP contribution < -0.4 is 0 Å². The first-order valence-corrected chi connectivity index (χ1v) is 5.10. The van der Waals surface area contributed by atoms with E-state index in [1.54, 1.807) is 12.1 Å². The third-order valence-electron chi connectivity index (χ3n) is 2.10. The van der Waals surface area contributed by atoms with E-state index in [0.29, 0.717) is 0 Å². The zero-order valence-electron chi connectivity index (χ0n) is 9.00. The standard InChI is InChI=1S/C12H15FO2/c1-3-6-9(2)15-12(14)10-7-4-5-8-11(10)13/h4-5,7-9H,3,6H2,1-2H3. The molecule has 0 saturated carbocycles. The van der Waals surface area contributed by atoms with E-state index in [-0.39, 0.29) is 11.7 Å². The fraction of sp³-hybridized carbons (Fsp3) is 0.417. The molecule has 15 heavy (non-hydrogen) atoms. The molecule has 0 aliphatic rings. The Hall–Kier alpha value is -1.38. The first kappa shape index (κ1) is 11.7. The first-order chi connectivity index (χ1) is 7.15. The van der Waals surface area contributed by atoms with Gasteiger partial charge < -0.3 is 4.74 Å². The quantitative estimate of drug-likeness (QED) is 0.713. The molecule has 1 unspecified atom stereocenters. The highest BCUT2D eigenvalue weighted by molar-refractivity contribution is 5.89. The van der Waals surface area contributed by atoms with Crippen molar-refractivity contribution in [2.24, 2.45) is 0 Å². The Morgan fingerprint density at radius 2 is 2.13 bits per heavy atom. The van der Waals surface area contributed by atoms with Crippen LogP contribution in [0, 0.1) is 5.82 Å². The Morgan fingerprint density at radius 1 is 1.47 bits per heavy atom. The predicted molar refractivity (Wildman–Crippen MR) is 56.2 cm³/mol. The molecule has 1 aromatic rings. The van der Waals surface area contributed by atoms with Crippen LogP contribution in [0.4, 0.5) is 4.39 Å². The molecule has 1 atom stereocenters. The van der Waals surface area contributed by atoms with Gasteiger partial charge in [0.2, 0.25) is 0 Å². The number of benzene rings is 1. The highest BCUT2D eigenvalue weighted by Crippen LogP contribution is 2.10. The van der Waals surface area contributed by atoms with E-state index in [1.807, 2.05) is 13.8 Å². The number of rotatable bonds is 4. The number of carbonyl (C=O) groups excluding carboxylic acids is 1. The maximum Gasteiger partial charge on any atom is 0.341 e. The van der Waals surface area contributed by atoms with Crippen LogP contribution in [0.15, 0.2) is 24.3 Å². The van der Waals surface area contributed by atoms with Gasteiger partial charge in [-0.3, -0.25) is 0 Å². The summed E-state index contributed by atoms with van der Waals surface area (Å²) in [6, 6.07) is 5.84. The van der Waals surface area contributed by atoms with Crippen molar-refractivity contribution < 1.29 is 13.9 Å². The Labute approximate surface area is 89.1 Å². The number of ether oxygens (including phenoxy) is 1. The lowest BCUT2D eigenvalue weighted by Gasteiger charge is -2.12. The fourth-order valence-corrected chi connectivity index (χ4v) is 1.34. The molecule has 0 saturated heterocycles. The SMILES string of the molecule is CCCC(C)OC(=O)c1ccccc1F. The molecule has 0 N–H and O–H groups in total. The predicted octanol–water partition coefficient (Wildman–Crippen LogP) is 3.17. The molecule has 2 nitrogen and oxygen atoms in total. The van der Waals surface area contributed by atoms with Crippen LogP contribution in [0.5, 0.6) is 0 Å². The molecule has 0 bridgehead atoms. The summed E-state index contributed by atoms with van der Waals surface area (Å²) in [5, 5.41) is 0. The van der Waals surface area contributed by atoms with E-state index >= 15 is 0 Å². The number of hydrogen-bond donors (Lipinski definition) is 0. The number of halogens is 1. The molecule has 0 fully saturated rings. The summed E-state index contributed by atoms with van der Waals surface area (Å²) in [4.78, 5) is 11.5. The molecule has 0 amide bonds. The van der Waals surface area contributed by atoms with Crippen LogP contribution in [0.3, 0.4) is 0 Å². The van der Waals surface area contributed by atoms with E-state index in [4.69, 9.17) is 4.74 Å². The van der Waals surface area contributed by atoms with Crippen LogP contribution in [0.25, 0.3) is 0 Å². The van der Waals surface area contributed by atoms with Crippen molar-refractivity contribution in [3.05, 3.63) is 35.6 Å². The van der Waals surface area contributed by atoms with Gasteiger partial charge in [0, 0.05) is 0 Å². The molecule has 0 aliphatic carbocycles. The van der Waals surface area contributed by atoms with E-state index in [9.17, 15) is 9.18 Å². The summed E-state index contributed by atoms with van der Waals surface area (Å²) in [7, 11) is 0. The second-order valence-electron chi connectivity index (χ2n) is 3.48. The Kier molecular flexibility index (Phi) is 4.28. The zero-order valence-corrected chi connectivity index (χ0v) is 9.00. The van der Waals surface area contributed by atoms with E-state index in [0.717, 1.165) is 12.8 Å². The van der Waals surface area contributed by atoms with Gasteiger partial charge in [0.25, 0.3) is 0 Å². The summed E-state index contributed by atoms with van der Waals surface area (Å²) in [6.07, 6.45) is 1.56. The second-order valence-corrected chi connectivity index (χ2v) is 3.48. The molecule has 0 aromatic heterocycles. The fourth-order valence-electron chi connectivity index (χ4n) is 1.34. The summed E-state index contributed by atoms with van der Waals surface area (Å²) >= 11 is 0. The minimum Gasteiger partial charge on any atom is -0.459 e. The van der Waals surface area contributed by atoms with Crippen LogP contribution in [-0.2, 0) is 4.74 Å². The molecular weight excluding hydrogens is 195 g/mol. The van der Waals surface area contributed by atoms with Crippen LogP contribution >= 0.6 is 0 Å². The molecule has 3 heteroatoms. The minimum absolute atomic E-state index is 0.000420. The highest BCUT2D eigenvalue weighted by Gasteiger charge is 2.14. The maximum absolute atomic E-state index is 13.2. The molecule has 0 aliphatic heterocycles. The third kappa shape index (κ3) is 3.35. The summed E-state index contributed by atoms with van der Waals surface area (Å²) in [6.45, 7) is 3.82. The average molecular weight is 210 g/mol.